The number of benzene rings is 3. The van der Waals surface area contributed by atoms with E-state index in [1.807, 2.05) is 61.5 Å². The van der Waals surface area contributed by atoms with Crippen LogP contribution < -0.4 is 19.1 Å². The molecule has 1 aliphatic carbocycles. The molecule has 2 aliphatic rings. The molecule has 2 unspecified atom stereocenters. The van der Waals surface area contributed by atoms with Crippen LogP contribution in [0.25, 0.3) is 0 Å². The lowest BCUT2D eigenvalue weighted by Crippen LogP contribution is -2.41. The molecular formula is C31H31NO5. The van der Waals surface area contributed by atoms with E-state index in [9.17, 15) is 9.59 Å². The Hall–Kier alpha value is -4.06. The van der Waals surface area contributed by atoms with E-state index in [1.54, 1.807) is 25.2 Å². The lowest BCUT2D eigenvalue weighted by molar-refractivity contribution is -0.120. The number of rotatable bonds is 7. The van der Waals surface area contributed by atoms with Crippen molar-refractivity contribution in [2.24, 2.45) is 0 Å². The van der Waals surface area contributed by atoms with Crippen molar-refractivity contribution in [3.63, 3.8) is 0 Å². The topological polar surface area (TPSA) is 65.1 Å². The van der Waals surface area contributed by atoms with Gasteiger partial charge in [-0.25, -0.2) is 0 Å². The Morgan fingerprint density at radius 1 is 0.838 bits per heavy atom. The van der Waals surface area contributed by atoms with E-state index in [0.717, 1.165) is 28.3 Å². The number of carbonyl (C=O) groups is 2. The number of hydrogen-bond donors (Lipinski definition) is 0. The molecule has 0 saturated carbocycles. The Balaban J connectivity index is 1.64. The second-order valence-corrected chi connectivity index (χ2v) is 9.32. The first kappa shape index (κ1) is 24.6. The molecule has 1 amide bonds. The highest BCUT2D eigenvalue weighted by molar-refractivity contribution is 6.08. The number of amides is 1. The number of hydrogen-bond acceptors (Lipinski definition) is 5. The molecule has 3 aromatic rings. The van der Waals surface area contributed by atoms with Crippen molar-refractivity contribution in [3.8, 4) is 17.2 Å². The van der Waals surface area contributed by atoms with Gasteiger partial charge in [-0.3, -0.25) is 14.5 Å². The van der Waals surface area contributed by atoms with Crippen LogP contribution in [-0.4, -0.2) is 32.5 Å². The summed E-state index contributed by atoms with van der Waals surface area (Å²) in [6.07, 6.45) is 1.18. The Morgan fingerprint density at radius 3 is 2.24 bits per heavy atom. The number of carbonyl (C=O) groups excluding carboxylic acids is 2. The zero-order chi connectivity index (χ0) is 25.9. The zero-order valence-corrected chi connectivity index (χ0v) is 21.4. The number of nitrogens with zero attached hydrogens (tertiary/aromatic N) is 1. The van der Waals surface area contributed by atoms with E-state index >= 15 is 0 Å². The molecule has 2 atom stereocenters. The van der Waals surface area contributed by atoms with Crippen LogP contribution in [0.2, 0.25) is 0 Å². The van der Waals surface area contributed by atoms with Gasteiger partial charge >= 0.3 is 0 Å². The molecule has 190 valence electrons. The Labute approximate surface area is 217 Å². The van der Waals surface area contributed by atoms with Crippen molar-refractivity contribution in [2.75, 3.05) is 25.7 Å². The maximum Gasteiger partial charge on any atom is 0.232 e. The molecule has 3 aromatic carbocycles. The molecule has 5 rings (SSSR count). The number of methoxy groups -OCH3 is 2. The fourth-order valence-electron chi connectivity index (χ4n) is 5.53. The molecule has 1 aliphatic heterocycles. The zero-order valence-electron chi connectivity index (χ0n) is 21.4. The van der Waals surface area contributed by atoms with Crippen LogP contribution >= 0.6 is 0 Å². The molecular weight excluding hydrogens is 466 g/mol. The van der Waals surface area contributed by atoms with E-state index in [4.69, 9.17) is 14.2 Å². The number of ether oxygens (including phenoxy) is 3. The third-order valence-electron chi connectivity index (χ3n) is 7.22. The first-order valence-electron chi connectivity index (χ1n) is 12.6. The minimum absolute atomic E-state index is 0.00182. The summed E-state index contributed by atoms with van der Waals surface area (Å²) in [5, 5.41) is 0. The van der Waals surface area contributed by atoms with Gasteiger partial charge in [0.1, 0.15) is 17.2 Å². The van der Waals surface area contributed by atoms with Gasteiger partial charge in [0, 0.05) is 47.3 Å². The summed E-state index contributed by atoms with van der Waals surface area (Å²) in [4.78, 5) is 29.4. The summed E-state index contributed by atoms with van der Waals surface area (Å²) in [6.45, 7) is 2.50. The molecule has 0 saturated heterocycles. The van der Waals surface area contributed by atoms with E-state index in [0.29, 0.717) is 36.5 Å². The molecule has 6 heteroatoms. The molecule has 0 radical (unpaired) electrons. The summed E-state index contributed by atoms with van der Waals surface area (Å²) < 4.78 is 16.6. The van der Waals surface area contributed by atoms with Crippen LogP contribution in [0.1, 0.15) is 49.1 Å². The maximum absolute atomic E-state index is 13.9. The predicted molar refractivity (Wildman–Crippen MR) is 142 cm³/mol. The van der Waals surface area contributed by atoms with Crippen molar-refractivity contribution >= 4 is 17.4 Å². The first-order valence-corrected chi connectivity index (χ1v) is 12.6. The smallest absolute Gasteiger partial charge is 0.232 e. The summed E-state index contributed by atoms with van der Waals surface area (Å²) in [7, 11) is 3.20. The first-order chi connectivity index (χ1) is 18.0. The fourth-order valence-corrected chi connectivity index (χ4v) is 5.53. The van der Waals surface area contributed by atoms with Crippen molar-refractivity contribution in [1.82, 2.24) is 0 Å². The second-order valence-electron chi connectivity index (χ2n) is 9.32. The highest BCUT2D eigenvalue weighted by Crippen LogP contribution is 2.49. The molecule has 0 spiro atoms. The molecule has 0 bridgehead atoms. The lowest BCUT2D eigenvalue weighted by atomic mass is 9.72. The summed E-state index contributed by atoms with van der Waals surface area (Å²) >= 11 is 0. The number of allylic oxidation sites excluding steroid dienone is 2. The van der Waals surface area contributed by atoms with Crippen molar-refractivity contribution in [2.45, 2.75) is 38.0 Å². The minimum Gasteiger partial charge on any atom is -0.497 e. The van der Waals surface area contributed by atoms with E-state index in [-0.39, 0.29) is 29.9 Å². The third-order valence-corrected chi connectivity index (χ3v) is 7.22. The molecule has 6 nitrogen and oxygen atoms in total. The van der Waals surface area contributed by atoms with Gasteiger partial charge in [0.2, 0.25) is 5.91 Å². The van der Waals surface area contributed by atoms with Crippen LogP contribution in [0.5, 0.6) is 17.2 Å². The van der Waals surface area contributed by atoms with Gasteiger partial charge in [-0.15, -0.1) is 0 Å². The standard InChI is InChI=1S/C31H31NO5/c1-4-37-23-12-10-22(11-13-23)32-27-16-21(20-8-6-5-7-9-20)17-28(33)31(27)26(19-30(32)34)25-15-14-24(35-2)18-29(25)36-3/h5-15,18,21,26H,4,16-17,19H2,1-3H3. The maximum atomic E-state index is 13.9. The average Bonchev–Trinajstić information content (AvgIpc) is 2.93. The lowest BCUT2D eigenvalue weighted by Gasteiger charge is -2.40. The minimum atomic E-state index is -0.383. The Kier molecular flexibility index (Phi) is 6.99. The van der Waals surface area contributed by atoms with Gasteiger partial charge in [-0.2, -0.15) is 0 Å². The number of anilines is 1. The third kappa shape index (κ3) is 4.71. The Bertz CT molecular complexity index is 1330. The average molecular weight is 498 g/mol. The van der Waals surface area contributed by atoms with Crippen molar-refractivity contribution in [3.05, 3.63) is 95.2 Å². The summed E-state index contributed by atoms with van der Waals surface area (Å²) in [5.41, 5.74) is 4.13. The number of ketones is 1. The molecule has 0 aromatic heterocycles. The molecule has 1 heterocycles. The quantitative estimate of drug-likeness (QED) is 0.399. The van der Waals surface area contributed by atoms with Crippen LogP contribution in [0, 0.1) is 0 Å². The molecule has 37 heavy (non-hydrogen) atoms. The summed E-state index contributed by atoms with van der Waals surface area (Å²) in [6, 6.07) is 23.1. The monoisotopic (exact) mass is 497 g/mol. The van der Waals surface area contributed by atoms with Gasteiger partial charge in [-0.1, -0.05) is 36.4 Å². The molecule has 0 fully saturated rings. The Morgan fingerprint density at radius 2 is 1.57 bits per heavy atom. The van der Waals surface area contributed by atoms with Crippen LogP contribution in [0.4, 0.5) is 5.69 Å². The van der Waals surface area contributed by atoms with Gasteiger partial charge in [-0.05, 0) is 55.2 Å². The second kappa shape index (κ2) is 10.5. The van der Waals surface area contributed by atoms with Gasteiger partial charge in [0.25, 0.3) is 0 Å². The van der Waals surface area contributed by atoms with Crippen molar-refractivity contribution in [1.29, 1.82) is 0 Å². The van der Waals surface area contributed by atoms with Gasteiger partial charge in [0.15, 0.2) is 5.78 Å². The van der Waals surface area contributed by atoms with E-state index in [1.165, 1.54) is 0 Å². The van der Waals surface area contributed by atoms with Crippen LogP contribution in [0.15, 0.2) is 84.1 Å². The fraction of sp³-hybridized carbons (Fsp3) is 0.290. The van der Waals surface area contributed by atoms with Crippen LogP contribution in [0.3, 0.4) is 0 Å². The highest BCUT2D eigenvalue weighted by atomic mass is 16.5. The highest BCUT2D eigenvalue weighted by Gasteiger charge is 2.43. The van der Waals surface area contributed by atoms with Gasteiger partial charge < -0.3 is 14.2 Å². The normalized spacial score (nSPS) is 19.5. The SMILES string of the molecule is CCOc1ccc(N2C(=O)CC(c3ccc(OC)cc3OC)C3=C2CC(c2ccccc2)CC3=O)cc1. The van der Waals surface area contributed by atoms with E-state index in [2.05, 4.69) is 12.1 Å². The largest absolute Gasteiger partial charge is 0.497 e. The molecule has 0 N–H and O–H groups in total. The van der Waals surface area contributed by atoms with Crippen LogP contribution in [-0.2, 0) is 9.59 Å². The van der Waals surface area contributed by atoms with Crippen molar-refractivity contribution < 1.29 is 23.8 Å². The van der Waals surface area contributed by atoms with Gasteiger partial charge in [0.05, 0.1) is 20.8 Å². The predicted octanol–water partition coefficient (Wildman–Crippen LogP) is 6.02. The summed E-state index contributed by atoms with van der Waals surface area (Å²) in [5.74, 6) is 1.65. The van der Waals surface area contributed by atoms with E-state index < -0.39 is 0 Å². The number of Topliss-reactive ketones (excluding diaryl/α,β-unsaturated/α-hetero) is 1.